The van der Waals surface area contributed by atoms with Gasteiger partial charge in [0.15, 0.2) is 0 Å². The first-order chi connectivity index (χ1) is 8.40. The number of nitrogens with one attached hydrogen (secondary N) is 2. The minimum Gasteiger partial charge on any atom is -0.352 e. The summed E-state index contributed by atoms with van der Waals surface area (Å²) in [5.41, 5.74) is 0.555. The molecule has 1 aromatic rings. The van der Waals surface area contributed by atoms with Gasteiger partial charge in [-0.2, -0.15) is 0 Å². The molecule has 18 heavy (non-hydrogen) atoms. The number of benzene rings is 1. The van der Waals surface area contributed by atoms with E-state index in [4.69, 9.17) is 0 Å². The van der Waals surface area contributed by atoms with E-state index < -0.39 is 6.04 Å². The normalized spacial score (nSPS) is 12.1. The highest BCUT2D eigenvalue weighted by Crippen LogP contribution is 2.06. The van der Waals surface area contributed by atoms with Crippen molar-refractivity contribution < 1.29 is 9.59 Å². The summed E-state index contributed by atoms with van der Waals surface area (Å²) in [6, 6.07) is 6.71. The SMILES string of the molecule is CC(C)NC(=O)C(C)NC(=O)c1ccc(I)cc1. The lowest BCUT2D eigenvalue weighted by molar-refractivity contribution is -0.123. The summed E-state index contributed by atoms with van der Waals surface area (Å²) < 4.78 is 1.06. The van der Waals surface area contributed by atoms with Crippen LogP contribution >= 0.6 is 22.6 Å². The highest BCUT2D eigenvalue weighted by molar-refractivity contribution is 14.1. The second-order valence-electron chi connectivity index (χ2n) is 4.37. The van der Waals surface area contributed by atoms with Crippen molar-refractivity contribution in [1.29, 1.82) is 0 Å². The highest BCUT2D eigenvalue weighted by atomic mass is 127. The molecule has 0 aromatic heterocycles. The molecule has 0 fully saturated rings. The monoisotopic (exact) mass is 360 g/mol. The largest absolute Gasteiger partial charge is 0.352 e. The van der Waals surface area contributed by atoms with E-state index in [9.17, 15) is 9.59 Å². The van der Waals surface area contributed by atoms with Gasteiger partial charge in [-0.1, -0.05) is 0 Å². The van der Waals surface area contributed by atoms with Crippen molar-refractivity contribution in [2.75, 3.05) is 0 Å². The van der Waals surface area contributed by atoms with E-state index in [0.29, 0.717) is 5.56 Å². The first kappa shape index (κ1) is 14.9. The third kappa shape index (κ3) is 4.64. The summed E-state index contributed by atoms with van der Waals surface area (Å²) in [4.78, 5) is 23.5. The van der Waals surface area contributed by atoms with Gasteiger partial charge in [-0.25, -0.2) is 0 Å². The molecule has 0 aliphatic rings. The van der Waals surface area contributed by atoms with Gasteiger partial charge in [-0.05, 0) is 67.6 Å². The van der Waals surface area contributed by atoms with Gasteiger partial charge in [0.1, 0.15) is 6.04 Å². The van der Waals surface area contributed by atoms with Crippen LogP contribution < -0.4 is 10.6 Å². The molecule has 5 heteroatoms. The van der Waals surface area contributed by atoms with Gasteiger partial charge < -0.3 is 10.6 Å². The fourth-order valence-corrected chi connectivity index (χ4v) is 1.72. The Labute approximate surface area is 121 Å². The quantitative estimate of drug-likeness (QED) is 0.807. The van der Waals surface area contributed by atoms with Crippen LogP contribution in [0.3, 0.4) is 0 Å². The molecule has 98 valence electrons. The van der Waals surface area contributed by atoms with Crippen molar-refractivity contribution in [3.8, 4) is 0 Å². The Balaban J connectivity index is 2.59. The molecular formula is C13H17IN2O2. The van der Waals surface area contributed by atoms with Crippen LogP contribution in [0.15, 0.2) is 24.3 Å². The summed E-state index contributed by atoms with van der Waals surface area (Å²) in [5, 5.41) is 5.42. The van der Waals surface area contributed by atoms with E-state index in [-0.39, 0.29) is 17.9 Å². The van der Waals surface area contributed by atoms with Crippen LogP contribution in [0.4, 0.5) is 0 Å². The molecule has 0 aliphatic heterocycles. The summed E-state index contributed by atoms with van der Waals surface area (Å²) in [5.74, 6) is -0.415. The molecule has 1 unspecified atom stereocenters. The summed E-state index contributed by atoms with van der Waals surface area (Å²) >= 11 is 2.17. The number of carbonyl (C=O) groups excluding carboxylic acids is 2. The highest BCUT2D eigenvalue weighted by Gasteiger charge is 2.16. The first-order valence-electron chi connectivity index (χ1n) is 5.77. The molecule has 0 radical (unpaired) electrons. The Morgan fingerprint density at radius 3 is 2.11 bits per heavy atom. The third-order valence-corrected chi connectivity index (χ3v) is 3.00. The number of rotatable bonds is 4. The zero-order chi connectivity index (χ0) is 13.7. The van der Waals surface area contributed by atoms with Crippen molar-refractivity contribution >= 4 is 34.4 Å². The molecule has 0 saturated heterocycles. The lowest BCUT2D eigenvalue weighted by Gasteiger charge is -2.16. The zero-order valence-corrected chi connectivity index (χ0v) is 12.8. The lowest BCUT2D eigenvalue weighted by Crippen LogP contribution is -2.46. The van der Waals surface area contributed by atoms with Gasteiger partial charge in [0.05, 0.1) is 0 Å². The number of amides is 2. The second-order valence-corrected chi connectivity index (χ2v) is 5.61. The minimum atomic E-state index is -0.542. The summed E-state index contributed by atoms with van der Waals surface area (Å²) in [6.07, 6.45) is 0. The Bertz CT molecular complexity index is 429. The lowest BCUT2D eigenvalue weighted by atomic mass is 10.2. The van der Waals surface area contributed by atoms with Gasteiger partial charge in [-0.15, -0.1) is 0 Å². The molecular weight excluding hydrogens is 343 g/mol. The van der Waals surface area contributed by atoms with E-state index in [0.717, 1.165) is 3.57 Å². The molecule has 2 N–H and O–H groups in total. The Kier molecular flexibility index (Phi) is 5.58. The average molecular weight is 360 g/mol. The molecule has 0 spiro atoms. The number of halogens is 1. The van der Waals surface area contributed by atoms with Crippen molar-refractivity contribution in [1.82, 2.24) is 10.6 Å². The number of hydrogen-bond acceptors (Lipinski definition) is 2. The predicted octanol–water partition coefficient (Wildman–Crippen LogP) is 1.93. The van der Waals surface area contributed by atoms with E-state index in [2.05, 4.69) is 33.2 Å². The van der Waals surface area contributed by atoms with Crippen LogP contribution in [-0.2, 0) is 4.79 Å². The van der Waals surface area contributed by atoms with Crippen LogP contribution in [-0.4, -0.2) is 23.9 Å². The minimum absolute atomic E-state index is 0.0650. The number of carbonyl (C=O) groups is 2. The molecule has 4 nitrogen and oxygen atoms in total. The van der Waals surface area contributed by atoms with Crippen LogP contribution in [0.1, 0.15) is 31.1 Å². The topological polar surface area (TPSA) is 58.2 Å². The average Bonchev–Trinajstić information content (AvgIpc) is 2.28. The number of hydrogen-bond donors (Lipinski definition) is 2. The second kappa shape index (κ2) is 6.72. The van der Waals surface area contributed by atoms with E-state index in [1.165, 1.54) is 0 Å². The maximum atomic E-state index is 11.9. The van der Waals surface area contributed by atoms with Crippen molar-refractivity contribution in [2.24, 2.45) is 0 Å². The fraction of sp³-hybridized carbons (Fsp3) is 0.385. The van der Waals surface area contributed by atoms with Gasteiger partial charge in [0.2, 0.25) is 5.91 Å². The summed E-state index contributed by atoms with van der Waals surface area (Å²) in [7, 11) is 0. The third-order valence-electron chi connectivity index (χ3n) is 2.28. The van der Waals surface area contributed by atoms with Crippen LogP contribution in [0, 0.1) is 3.57 Å². The molecule has 1 rings (SSSR count). The molecule has 2 amide bonds. The predicted molar refractivity (Wildman–Crippen MR) is 79.4 cm³/mol. The first-order valence-corrected chi connectivity index (χ1v) is 6.85. The van der Waals surface area contributed by atoms with Crippen molar-refractivity contribution in [3.05, 3.63) is 33.4 Å². The van der Waals surface area contributed by atoms with Crippen LogP contribution in [0.25, 0.3) is 0 Å². The van der Waals surface area contributed by atoms with E-state index in [1.54, 1.807) is 19.1 Å². The molecule has 1 atom stereocenters. The Hall–Kier alpha value is -1.11. The molecule has 0 bridgehead atoms. The maximum Gasteiger partial charge on any atom is 0.251 e. The Morgan fingerprint density at radius 1 is 1.06 bits per heavy atom. The van der Waals surface area contributed by atoms with Gasteiger partial charge in [-0.3, -0.25) is 9.59 Å². The van der Waals surface area contributed by atoms with E-state index >= 15 is 0 Å². The summed E-state index contributed by atoms with van der Waals surface area (Å²) in [6.45, 7) is 5.43. The van der Waals surface area contributed by atoms with Gasteiger partial charge >= 0.3 is 0 Å². The van der Waals surface area contributed by atoms with Gasteiger partial charge in [0, 0.05) is 15.2 Å². The van der Waals surface area contributed by atoms with Crippen LogP contribution in [0.5, 0.6) is 0 Å². The van der Waals surface area contributed by atoms with Crippen LogP contribution in [0.2, 0.25) is 0 Å². The smallest absolute Gasteiger partial charge is 0.251 e. The zero-order valence-electron chi connectivity index (χ0n) is 10.7. The molecule has 0 aliphatic carbocycles. The van der Waals surface area contributed by atoms with Gasteiger partial charge in [0.25, 0.3) is 5.91 Å². The van der Waals surface area contributed by atoms with Crippen molar-refractivity contribution in [2.45, 2.75) is 32.9 Å². The van der Waals surface area contributed by atoms with E-state index in [1.807, 2.05) is 26.0 Å². The van der Waals surface area contributed by atoms with Crippen molar-refractivity contribution in [3.63, 3.8) is 0 Å². The Morgan fingerprint density at radius 2 is 1.61 bits per heavy atom. The molecule has 0 heterocycles. The standard InChI is InChI=1S/C13H17IN2O2/c1-8(2)15-12(17)9(3)16-13(18)10-4-6-11(14)7-5-10/h4-9H,1-3H3,(H,15,17)(H,16,18). The maximum absolute atomic E-state index is 11.9. The molecule has 0 saturated carbocycles. The fourth-order valence-electron chi connectivity index (χ4n) is 1.36. The molecule has 1 aromatic carbocycles.